The molecule has 2 aromatic rings. The SMILES string of the molecule is COCCOCCOCCOCCOCCOCCOCCn1cc(-c2ccncc2)nn1. The fourth-order valence-electron chi connectivity index (χ4n) is 2.56. The van der Waals surface area contributed by atoms with Crippen LogP contribution in [0, 0.1) is 0 Å². The summed E-state index contributed by atoms with van der Waals surface area (Å²) < 4.78 is 39.3. The molecule has 0 unspecified atom stereocenters. The van der Waals surface area contributed by atoms with Crippen molar-refractivity contribution < 1.29 is 33.2 Å². The van der Waals surface area contributed by atoms with Crippen molar-refractivity contribution in [3.63, 3.8) is 0 Å². The zero-order valence-corrected chi connectivity index (χ0v) is 19.4. The van der Waals surface area contributed by atoms with Crippen LogP contribution < -0.4 is 0 Å². The molecule has 0 bridgehead atoms. The van der Waals surface area contributed by atoms with Crippen molar-refractivity contribution >= 4 is 0 Å². The normalized spacial score (nSPS) is 11.3. The van der Waals surface area contributed by atoms with Gasteiger partial charge in [-0.25, -0.2) is 4.68 Å². The van der Waals surface area contributed by atoms with Crippen LogP contribution in [0.3, 0.4) is 0 Å². The van der Waals surface area contributed by atoms with Crippen LogP contribution in [0.15, 0.2) is 30.7 Å². The van der Waals surface area contributed by atoms with E-state index in [0.717, 1.165) is 11.3 Å². The summed E-state index contributed by atoms with van der Waals surface area (Å²) in [6, 6.07) is 3.80. The molecule has 11 nitrogen and oxygen atoms in total. The van der Waals surface area contributed by atoms with Crippen LogP contribution in [0.4, 0.5) is 0 Å². The summed E-state index contributed by atoms with van der Waals surface area (Å²) in [5.41, 5.74) is 1.81. The fourth-order valence-corrected chi connectivity index (χ4v) is 2.56. The highest BCUT2D eigenvalue weighted by molar-refractivity contribution is 5.56. The van der Waals surface area contributed by atoms with Gasteiger partial charge in [0.1, 0.15) is 5.69 Å². The average molecular weight is 469 g/mol. The highest BCUT2D eigenvalue weighted by Crippen LogP contribution is 2.13. The number of hydrogen-bond donors (Lipinski definition) is 0. The third-order valence-corrected chi connectivity index (χ3v) is 4.27. The summed E-state index contributed by atoms with van der Waals surface area (Å²) in [6.45, 7) is 7.70. The number of hydrogen-bond acceptors (Lipinski definition) is 10. The van der Waals surface area contributed by atoms with Gasteiger partial charge in [-0.15, -0.1) is 5.10 Å². The van der Waals surface area contributed by atoms with Crippen LogP contribution in [0.2, 0.25) is 0 Å². The van der Waals surface area contributed by atoms with E-state index in [4.69, 9.17) is 33.2 Å². The summed E-state index contributed by atoms with van der Waals surface area (Å²) in [6.07, 6.45) is 5.36. The number of pyridine rings is 1. The van der Waals surface area contributed by atoms with Gasteiger partial charge in [0.05, 0.1) is 98.6 Å². The molecular weight excluding hydrogens is 432 g/mol. The zero-order chi connectivity index (χ0) is 23.2. The molecule has 186 valence electrons. The monoisotopic (exact) mass is 468 g/mol. The number of methoxy groups -OCH3 is 1. The molecule has 2 heterocycles. The van der Waals surface area contributed by atoms with E-state index in [9.17, 15) is 0 Å². The molecule has 0 N–H and O–H groups in total. The van der Waals surface area contributed by atoms with Crippen molar-refractivity contribution in [1.29, 1.82) is 0 Å². The highest BCUT2D eigenvalue weighted by atomic mass is 16.6. The van der Waals surface area contributed by atoms with Gasteiger partial charge in [0.15, 0.2) is 0 Å². The summed E-state index contributed by atoms with van der Waals surface area (Å²) in [7, 11) is 1.65. The van der Waals surface area contributed by atoms with E-state index in [-0.39, 0.29) is 0 Å². The van der Waals surface area contributed by atoms with Crippen molar-refractivity contribution in [3.05, 3.63) is 30.7 Å². The highest BCUT2D eigenvalue weighted by Gasteiger charge is 2.03. The van der Waals surface area contributed by atoms with E-state index in [0.29, 0.717) is 92.4 Å². The predicted molar refractivity (Wildman–Crippen MR) is 120 cm³/mol. The first-order valence-electron chi connectivity index (χ1n) is 11.2. The molecule has 0 aromatic carbocycles. The topological polar surface area (TPSA) is 108 Å². The molecule has 0 aliphatic rings. The molecule has 0 spiro atoms. The van der Waals surface area contributed by atoms with Gasteiger partial charge in [-0.05, 0) is 12.1 Å². The Kier molecular flexibility index (Phi) is 16.1. The molecule has 0 aliphatic carbocycles. The first-order valence-corrected chi connectivity index (χ1v) is 11.2. The van der Waals surface area contributed by atoms with Crippen LogP contribution in [0.5, 0.6) is 0 Å². The Hall–Kier alpha value is -1.99. The van der Waals surface area contributed by atoms with Gasteiger partial charge >= 0.3 is 0 Å². The van der Waals surface area contributed by atoms with E-state index in [1.807, 2.05) is 18.3 Å². The van der Waals surface area contributed by atoms with E-state index >= 15 is 0 Å². The average Bonchev–Trinajstić information content (AvgIpc) is 3.32. The molecule has 2 aromatic heterocycles. The lowest BCUT2D eigenvalue weighted by Crippen LogP contribution is -2.15. The summed E-state index contributed by atoms with van der Waals surface area (Å²) in [4.78, 5) is 4.00. The smallest absolute Gasteiger partial charge is 0.113 e. The quantitative estimate of drug-likeness (QED) is 0.233. The second-order valence-electron chi connectivity index (χ2n) is 6.77. The second-order valence-corrected chi connectivity index (χ2v) is 6.77. The van der Waals surface area contributed by atoms with Gasteiger partial charge in [0.25, 0.3) is 0 Å². The third-order valence-electron chi connectivity index (χ3n) is 4.27. The lowest BCUT2D eigenvalue weighted by Gasteiger charge is -2.08. The van der Waals surface area contributed by atoms with Crippen LogP contribution in [0.1, 0.15) is 0 Å². The summed E-state index contributed by atoms with van der Waals surface area (Å²) in [5.74, 6) is 0. The summed E-state index contributed by atoms with van der Waals surface area (Å²) in [5, 5.41) is 8.26. The maximum atomic E-state index is 5.57. The number of aromatic nitrogens is 4. The number of ether oxygens (including phenoxy) is 7. The van der Waals surface area contributed by atoms with Crippen LogP contribution >= 0.6 is 0 Å². The first-order chi connectivity index (χ1) is 16.4. The molecule has 0 atom stereocenters. The van der Waals surface area contributed by atoms with Crippen molar-refractivity contribution in [3.8, 4) is 11.3 Å². The van der Waals surface area contributed by atoms with Crippen LogP contribution in [-0.4, -0.2) is 113 Å². The fraction of sp³-hybridized carbons (Fsp3) is 0.682. The summed E-state index contributed by atoms with van der Waals surface area (Å²) >= 11 is 0. The third kappa shape index (κ3) is 14.0. The lowest BCUT2D eigenvalue weighted by atomic mass is 10.2. The Morgan fingerprint density at radius 1 is 0.636 bits per heavy atom. The zero-order valence-electron chi connectivity index (χ0n) is 19.4. The number of nitrogens with zero attached hydrogens (tertiary/aromatic N) is 4. The molecule has 0 amide bonds. The van der Waals surface area contributed by atoms with Gasteiger partial charge in [-0.3, -0.25) is 4.98 Å². The predicted octanol–water partition coefficient (Wildman–Crippen LogP) is 1.09. The van der Waals surface area contributed by atoms with Gasteiger partial charge in [0, 0.05) is 25.1 Å². The molecule has 11 heteroatoms. The molecular formula is C22H36N4O7. The Labute approximate surface area is 195 Å². The minimum absolute atomic E-state index is 0.520. The second kappa shape index (κ2) is 19.5. The van der Waals surface area contributed by atoms with E-state index < -0.39 is 0 Å². The Balaban J connectivity index is 1.28. The van der Waals surface area contributed by atoms with Crippen LogP contribution in [-0.2, 0) is 39.7 Å². The van der Waals surface area contributed by atoms with Gasteiger partial charge in [-0.2, -0.15) is 0 Å². The maximum absolute atomic E-state index is 5.57. The Bertz CT molecular complexity index is 690. The molecule has 33 heavy (non-hydrogen) atoms. The maximum Gasteiger partial charge on any atom is 0.113 e. The lowest BCUT2D eigenvalue weighted by molar-refractivity contribution is -0.0193. The molecule has 0 saturated heterocycles. The molecule has 0 saturated carbocycles. The van der Waals surface area contributed by atoms with Crippen molar-refractivity contribution in [1.82, 2.24) is 20.0 Å². The molecule has 0 radical (unpaired) electrons. The number of rotatable bonds is 22. The largest absolute Gasteiger partial charge is 0.382 e. The first kappa shape index (κ1) is 27.3. The Morgan fingerprint density at radius 2 is 1.09 bits per heavy atom. The molecule has 0 aliphatic heterocycles. The molecule has 2 rings (SSSR count). The van der Waals surface area contributed by atoms with Crippen LogP contribution in [0.25, 0.3) is 11.3 Å². The van der Waals surface area contributed by atoms with Gasteiger partial charge < -0.3 is 33.2 Å². The standard InChI is InChI=1S/C22H36N4O7/c1-27-8-9-29-12-13-31-16-17-33-19-18-32-15-14-30-11-10-28-7-6-26-20-22(24-25-26)21-2-4-23-5-3-21/h2-5,20H,6-19H2,1H3. The Morgan fingerprint density at radius 3 is 1.58 bits per heavy atom. The van der Waals surface area contributed by atoms with Gasteiger partial charge in [-0.1, -0.05) is 5.21 Å². The van der Waals surface area contributed by atoms with E-state index in [1.54, 1.807) is 24.2 Å². The van der Waals surface area contributed by atoms with Crippen molar-refractivity contribution in [2.24, 2.45) is 0 Å². The minimum Gasteiger partial charge on any atom is -0.382 e. The van der Waals surface area contributed by atoms with Crippen molar-refractivity contribution in [2.45, 2.75) is 6.54 Å². The minimum atomic E-state index is 0.520. The molecule has 0 fully saturated rings. The van der Waals surface area contributed by atoms with Crippen molar-refractivity contribution in [2.75, 3.05) is 93.0 Å². The van der Waals surface area contributed by atoms with E-state index in [2.05, 4.69) is 15.3 Å². The van der Waals surface area contributed by atoms with Gasteiger partial charge in [0.2, 0.25) is 0 Å². The van der Waals surface area contributed by atoms with E-state index in [1.165, 1.54) is 0 Å².